The van der Waals surface area contributed by atoms with E-state index in [4.69, 9.17) is 10.5 Å². The van der Waals surface area contributed by atoms with Crippen molar-refractivity contribution in [2.24, 2.45) is 5.73 Å². The molecule has 0 spiro atoms. The van der Waals surface area contributed by atoms with Crippen molar-refractivity contribution in [2.45, 2.75) is 44.2 Å². The highest BCUT2D eigenvalue weighted by atomic mass is 16.5. The molecule has 1 aliphatic carbocycles. The van der Waals surface area contributed by atoms with E-state index in [9.17, 15) is 14.4 Å². The van der Waals surface area contributed by atoms with Crippen molar-refractivity contribution in [3.05, 3.63) is 125 Å². The summed E-state index contributed by atoms with van der Waals surface area (Å²) >= 11 is 0. The average Bonchev–Trinajstić information content (AvgIpc) is 3.37. The topological polar surface area (TPSA) is 123 Å². The van der Waals surface area contributed by atoms with Crippen LogP contribution in [0, 0.1) is 0 Å². The summed E-state index contributed by atoms with van der Waals surface area (Å²) in [6, 6.07) is 32.3. The number of amides is 3. The van der Waals surface area contributed by atoms with Crippen LogP contribution in [0.1, 0.15) is 47.4 Å². The van der Waals surface area contributed by atoms with Crippen molar-refractivity contribution in [1.82, 2.24) is 10.6 Å². The number of unbranched alkanes of at least 4 members (excludes halogenated alkanes) is 1. The van der Waals surface area contributed by atoms with Crippen molar-refractivity contribution in [2.75, 3.05) is 18.5 Å². The lowest BCUT2D eigenvalue weighted by atomic mass is 9.98. The van der Waals surface area contributed by atoms with Crippen molar-refractivity contribution in [1.29, 1.82) is 0 Å². The Labute approximate surface area is 258 Å². The van der Waals surface area contributed by atoms with E-state index in [1.54, 1.807) is 24.3 Å². The molecule has 3 amide bonds. The second kappa shape index (κ2) is 15.0. The average molecular weight is 591 g/mol. The summed E-state index contributed by atoms with van der Waals surface area (Å²) in [7, 11) is 0. The fourth-order valence-electron chi connectivity index (χ4n) is 5.52. The van der Waals surface area contributed by atoms with E-state index in [2.05, 4.69) is 40.2 Å². The van der Waals surface area contributed by atoms with Crippen molar-refractivity contribution in [3.8, 4) is 11.1 Å². The number of ether oxygens (including phenoxy) is 1. The maximum Gasteiger partial charge on any atom is 0.407 e. The Morgan fingerprint density at radius 2 is 1.39 bits per heavy atom. The van der Waals surface area contributed by atoms with Crippen LogP contribution in [0.4, 0.5) is 10.5 Å². The van der Waals surface area contributed by atoms with Crippen molar-refractivity contribution < 1.29 is 19.1 Å². The molecule has 5 N–H and O–H groups in total. The van der Waals surface area contributed by atoms with Gasteiger partial charge in [0.1, 0.15) is 12.6 Å². The van der Waals surface area contributed by atoms with E-state index >= 15 is 0 Å². The number of hydrogen-bond acceptors (Lipinski definition) is 5. The fourth-order valence-corrected chi connectivity index (χ4v) is 5.52. The van der Waals surface area contributed by atoms with E-state index in [-0.39, 0.29) is 30.8 Å². The second-order valence-electron chi connectivity index (χ2n) is 10.9. The van der Waals surface area contributed by atoms with Gasteiger partial charge in [0.05, 0.1) is 6.42 Å². The van der Waals surface area contributed by atoms with Gasteiger partial charge < -0.3 is 26.4 Å². The van der Waals surface area contributed by atoms with Gasteiger partial charge in [-0.25, -0.2) is 4.79 Å². The first-order valence-electron chi connectivity index (χ1n) is 15.0. The van der Waals surface area contributed by atoms with Gasteiger partial charge >= 0.3 is 6.09 Å². The summed E-state index contributed by atoms with van der Waals surface area (Å²) < 4.78 is 5.68. The molecule has 0 aromatic heterocycles. The molecule has 4 aromatic rings. The Hall–Kier alpha value is -4.95. The first-order valence-corrected chi connectivity index (χ1v) is 15.0. The molecule has 0 saturated heterocycles. The Morgan fingerprint density at radius 1 is 0.750 bits per heavy atom. The van der Waals surface area contributed by atoms with Crippen LogP contribution in [-0.2, 0) is 27.3 Å². The van der Waals surface area contributed by atoms with Gasteiger partial charge in [-0.3, -0.25) is 9.59 Å². The van der Waals surface area contributed by atoms with E-state index in [0.29, 0.717) is 31.6 Å². The second-order valence-corrected chi connectivity index (χ2v) is 10.9. The third-order valence-electron chi connectivity index (χ3n) is 7.82. The molecular formula is C36H38N4O4. The lowest BCUT2D eigenvalue weighted by Gasteiger charge is -2.20. The smallest absolute Gasteiger partial charge is 0.407 e. The monoisotopic (exact) mass is 590 g/mol. The number of hydrogen-bond donors (Lipinski definition) is 4. The van der Waals surface area contributed by atoms with Crippen LogP contribution in [0.25, 0.3) is 11.1 Å². The normalized spacial score (nSPS) is 12.5. The summed E-state index contributed by atoms with van der Waals surface area (Å²) in [5.41, 5.74) is 12.6. The molecule has 8 nitrogen and oxygen atoms in total. The SMILES string of the molecule is NCCCC[C@H](NC(=O)OCC1c2ccccc2-c2ccccc21)C(=O)Nc1ccc(CC(=O)NCc2ccccc2)cc1. The van der Waals surface area contributed by atoms with Gasteiger partial charge in [-0.2, -0.15) is 0 Å². The Balaban J connectivity index is 1.15. The molecule has 5 rings (SSSR count). The predicted molar refractivity (Wildman–Crippen MR) is 172 cm³/mol. The highest BCUT2D eigenvalue weighted by Crippen LogP contribution is 2.44. The summed E-state index contributed by atoms with van der Waals surface area (Å²) in [6.45, 7) is 1.13. The van der Waals surface area contributed by atoms with Gasteiger partial charge in [-0.1, -0.05) is 91.0 Å². The molecule has 1 atom stereocenters. The van der Waals surface area contributed by atoms with Crippen LogP contribution in [0.5, 0.6) is 0 Å². The van der Waals surface area contributed by atoms with E-state index < -0.39 is 12.1 Å². The summed E-state index contributed by atoms with van der Waals surface area (Å²) in [5.74, 6) is -0.501. The molecular weight excluding hydrogens is 552 g/mol. The number of benzene rings is 4. The first-order chi connectivity index (χ1) is 21.5. The lowest BCUT2D eigenvalue weighted by molar-refractivity contribution is -0.120. The zero-order valence-corrected chi connectivity index (χ0v) is 24.6. The Kier molecular flexibility index (Phi) is 10.4. The molecule has 226 valence electrons. The van der Waals surface area contributed by atoms with Crippen LogP contribution in [0.2, 0.25) is 0 Å². The van der Waals surface area contributed by atoms with E-state index in [0.717, 1.165) is 39.8 Å². The number of anilines is 1. The van der Waals surface area contributed by atoms with Crippen molar-refractivity contribution >= 4 is 23.6 Å². The third-order valence-corrected chi connectivity index (χ3v) is 7.82. The van der Waals surface area contributed by atoms with Crippen molar-refractivity contribution in [3.63, 3.8) is 0 Å². The van der Waals surface area contributed by atoms with Gasteiger partial charge in [0, 0.05) is 18.2 Å². The molecule has 8 heteroatoms. The molecule has 0 bridgehead atoms. The van der Waals surface area contributed by atoms with Crippen LogP contribution >= 0.6 is 0 Å². The van der Waals surface area contributed by atoms with Gasteiger partial charge in [0.15, 0.2) is 0 Å². The number of alkyl carbamates (subject to hydrolysis) is 1. The van der Waals surface area contributed by atoms with Crippen LogP contribution < -0.4 is 21.7 Å². The van der Waals surface area contributed by atoms with Gasteiger partial charge in [0.25, 0.3) is 0 Å². The molecule has 0 unspecified atom stereocenters. The summed E-state index contributed by atoms with van der Waals surface area (Å²) in [5, 5.41) is 8.57. The highest BCUT2D eigenvalue weighted by Gasteiger charge is 2.29. The van der Waals surface area contributed by atoms with E-state index in [1.807, 2.05) is 54.6 Å². The minimum Gasteiger partial charge on any atom is -0.449 e. The van der Waals surface area contributed by atoms with Crippen LogP contribution in [0.3, 0.4) is 0 Å². The maximum absolute atomic E-state index is 13.2. The first kappa shape index (κ1) is 30.5. The zero-order chi connectivity index (χ0) is 30.7. The molecule has 0 fully saturated rings. The molecule has 0 saturated carbocycles. The molecule has 0 aliphatic heterocycles. The number of fused-ring (bicyclic) bond motifs is 3. The van der Waals surface area contributed by atoms with Gasteiger partial charge in [-0.15, -0.1) is 0 Å². The number of carbonyl (C=O) groups is 3. The van der Waals surface area contributed by atoms with Gasteiger partial charge in [0.2, 0.25) is 11.8 Å². The fraction of sp³-hybridized carbons (Fsp3) is 0.250. The standard InChI is InChI=1S/C36H38N4O4/c37-21-9-8-16-33(40-36(43)44-24-32-30-14-6-4-12-28(30)29-13-5-7-15-31(29)32)35(42)39-27-19-17-25(18-20-27)22-34(41)38-23-26-10-2-1-3-11-26/h1-7,10-15,17-20,32-33H,8-9,16,21-24,37H2,(H,38,41)(H,39,42)(H,40,43)/t33-/m0/s1. The minimum atomic E-state index is -0.791. The van der Waals surface area contributed by atoms with Gasteiger partial charge in [-0.05, 0) is 71.3 Å². The van der Waals surface area contributed by atoms with Crippen LogP contribution in [0.15, 0.2) is 103 Å². The zero-order valence-electron chi connectivity index (χ0n) is 24.6. The predicted octanol–water partition coefficient (Wildman–Crippen LogP) is 5.52. The van der Waals surface area contributed by atoms with Crippen LogP contribution in [-0.4, -0.2) is 37.1 Å². The Bertz CT molecular complexity index is 1530. The number of nitrogens with two attached hydrogens (primary N) is 1. The third kappa shape index (κ3) is 7.90. The van der Waals surface area contributed by atoms with E-state index in [1.165, 1.54) is 0 Å². The highest BCUT2D eigenvalue weighted by molar-refractivity contribution is 5.96. The lowest BCUT2D eigenvalue weighted by Crippen LogP contribution is -2.44. The molecule has 4 aromatic carbocycles. The molecule has 1 aliphatic rings. The molecule has 44 heavy (non-hydrogen) atoms. The Morgan fingerprint density at radius 3 is 2.05 bits per heavy atom. The minimum absolute atomic E-state index is 0.0726. The number of nitrogens with one attached hydrogen (secondary N) is 3. The molecule has 0 radical (unpaired) electrons. The molecule has 0 heterocycles. The summed E-state index contributed by atoms with van der Waals surface area (Å²) in [4.78, 5) is 38.6. The quantitative estimate of drug-likeness (QED) is 0.153. The number of carbonyl (C=O) groups excluding carboxylic acids is 3. The maximum atomic E-state index is 13.2. The number of rotatable bonds is 13. The largest absolute Gasteiger partial charge is 0.449 e. The summed E-state index contributed by atoms with van der Waals surface area (Å²) in [6.07, 6.45) is 1.42.